The summed E-state index contributed by atoms with van der Waals surface area (Å²) >= 11 is 1.59. The van der Waals surface area contributed by atoms with Gasteiger partial charge < -0.3 is 20.6 Å². The maximum atomic E-state index is 9.19. The van der Waals surface area contributed by atoms with Crippen molar-refractivity contribution in [1.29, 1.82) is 0 Å². The molecule has 1 rings (SSSR count). The topological polar surface area (TPSA) is 85.6 Å². The van der Waals surface area contributed by atoms with Gasteiger partial charge in [0, 0.05) is 23.0 Å². The minimum absolute atomic E-state index is 0.0188. The van der Waals surface area contributed by atoms with Crippen LogP contribution in [0, 0.1) is 0 Å². The van der Waals surface area contributed by atoms with Gasteiger partial charge in [-0.3, -0.25) is 0 Å². The summed E-state index contributed by atoms with van der Waals surface area (Å²) in [6, 6.07) is 0. The SMILES string of the molecule is CC(C)(C)c1ncc(CNC(CO)(CO)CO)s1. The molecule has 0 aliphatic heterocycles. The van der Waals surface area contributed by atoms with Gasteiger partial charge in [-0.2, -0.15) is 0 Å². The lowest BCUT2D eigenvalue weighted by atomic mass is 9.98. The number of nitrogens with one attached hydrogen (secondary N) is 1. The Morgan fingerprint density at radius 1 is 1.17 bits per heavy atom. The normalized spacial score (nSPS) is 13.0. The van der Waals surface area contributed by atoms with Gasteiger partial charge in [-0.1, -0.05) is 20.8 Å². The van der Waals surface area contributed by atoms with Crippen LogP contribution in [-0.2, 0) is 12.0 Å². The molecule has 104 valence electrons. The van der Waals surface area contributed by atoms with E-state index >= 15 is 0 Å². The smallest absolute Gasteiger partial charge is 0.0981 e. The van der Waals surface area contributed by atoms with Gasteiger partial charge in [0.1, 0.15) is 0 Å². The van der Waals surface area contributed by atoms with E-state index in [9.17, 15) is 15.3 Å². The van der Waals surface area contributed by atoms with Gasteiger partial charge in [0.25, 0.3) is 0 Å². The summed E-state index contributed by atoms with van der Waals surface area (Å²) < 4.78 is 0. The quantitative estimate of drug-likeness (QED) is 0.597. The van der Waals surface area contributed by atoms with Crippen LogP contribution in [0.15, 0.2) is 6.20 Å². The highest BCUT2D eigenvalue weighted by molar-refractivity contribution is 7.11. The van der Waals surface area contributed by atoms with Crippen LogP contribution in [0.25, 0.3) is 0 Å². The number of aliphatic hydroxyl groups is 3. The molecule has 0 fully saturated rings. The molecule has 0 bridgehead atoms. The van der Waals surface area contributed by atoms with Crippen molar-refractivity contribution in [2.45, 2.75) is 38.3 Å². The Morgan fingerprint density at radius 3 is 2.11 bits per heavy atom. The maximum absolute atomic E-state index is 9.19. The lowest BCUT2D eigenvalue weighted by Crippen LogP contribution is -2.54. The fourth-order valence-corrected chi connectivity index (χ4v) is 2.24. The first-order valence-corrected chi connectivity index (χ1v) is 6.71. The van der Waals surface area contributed by atoms with Crippen molar-refractivity contribution in [3.05, 3.63) is 16.1 Å². The van der Waals surface area contributed by atoms with E-state index in [0.29, 0.717) is 6.54 Å². The van der Waals surface area contributed by atoms with Crippen molar-refractivity contribution in [2.24, 2.45) is 0 Å². The van der Waals surface area contributed by atoms with E-state index in [2.05, 4.69) is 31.1 Å². The molecule has 1 aromatic rings. The van der Waals surface area contributed by atoms with Crippen LogP contribution >= 0.6 is 11.3 Å². The van der Waals surface area contributed by atoms with Gasteiger partial charge in [-0.25, -0.2) is 4.98 Å². The van der Waals surface area contributed by atoms with E-state index in [1.165, 1.54) is 0 Å². The monoisotopic (exact) mass is 274 g/mol. The molecule has 4 N–H and O–H groups in total. The van der Waals surface area contributed by atoms with E-state index in [1.807, 2.05) is 0 Å². The Bertz CT molecular complexity index is 361. The summed E-state index contributed by atoms with van der Waals surface area (Å²) in [4.78, 5) is 5.37. The zero-order valence-electron chi connectivity index (χ0n) is 11.1. The molecule has 0 aromatic carbocycles. The second-order valence-corrected chi connectivity index (χ2v) is 6.61. The largest absolute Gasteiger partial charge is 0.394 e. The van der Waals surface area contributed by atoms with Crippen molar-refractivity contribution in [3.63, 3.8) is 0 Å². The summed E-state index contributed by atoms with van der Waals surface area (Å²) in [5.74, 6) is 0. The summed E-state index contributed by atoms with van der Waals surface area (Å²) in [5, 5.41) is 31.6. The number of hydrogen-bond acceptors (Lipinski definition) is 6. The molecule has 0 aliphatic rings. The number of aromatic nitrogens is 1. The molecule has 0 saturated carbocycles. The molecule has 1 aromatic heterocycles. The van der Waals surface area contributed by atoms with Gasteiger partial charge in [0.15, 0.2) is 0 Å². The van der Waals surface area contributed by atoms with E-state index < -0.39 is 5.54 Å². The molecule has 0 saturated heterocycles. The third-order valence-electron chi connectivity index (χ3n) is 2.74. The zero-order valence-corrected chi connectivity index (χ0v) is 11.9. The first-order chi connectivity index (χ1) is 8.37. The number of aliphatic hydroxyl groups excluding tert-OH is 3. The molecular weight excluding hydrogens is 252 g/mol. The summed E-state index contributed by atoms with van der Waals surface area (Å²) in [7, 11) is 0. The van der Waals surface area contributed by atoms with E-state index in [-0.39, 0.29) is 25.2 Å². The summed E-state index contributed by atoms with van der Waals surface area (Å²) in [6.45, 7) is 5.82. The van der Waals surface area contributed by atoms with Crippen molar-refractivity contribution in [3.8, 4) is 0 Å². The standard InChI is InChI=1S/C12H22N2O3S/c1-11(2,3)10-13-4-9(18-10)5-14-12(6-15,7-16)8-17/h4,14-17H,5-8H2,1-3H3. The molecule has 0 unspecified atom stereocenters. The molecule has 0 atom stereocenters. The van der Waals surface area contributed by atoms with Crippen LogP contribution in [0.1, 0.15) is 30.7 Å². The van der Waals surface area contributed by atoms with Gasteiger partial charge in [-0.15, -0.1) is 11.3 Å². The van der Waals surface area contributed by atoms with Gasteiger partial charge >= 0.3 is 0 Å². The molecule has 18 heavy (non-hydrogen) atoms. The Morgan fingerprint density at radius 2 is 1.72 bits per heavy atom. The predicted molar refractivity (Wildman–Crippen MR) is 71.6 cm³/mol. The van der Waals surface area contributed by atoms with Crippen molar-refractivity contribution in [2.75, 3.05) is 19.8 Å². The zero-order chi connectivity index (χ0) is 13.8. The molecule has 5 nitrogen and oxygen atoms in total. The Hall–Kier alpha value is -0.530. The lowest BCUT2D eigenvalue weighted by molar-refractivity contribution is 0.0415. The predicted octanol–water partition coefficient (Wildman–Crippen LogP) is 0.246. The minimum atomic E-state index is -1.04. The van der Waals surface area contributed by atoms with Crippen LogP contribution in [0.4, 0.5) is 0 Å². The fourth-order valence-electron chi connectivity index (χ4n) is 1.33. The average Bonchev–Trinajstić information content (AvgIpc) is 2.80. The van der Waals surface area contributed by atoms with E-state index in [1.54, 1.807) is 17.5 Å². The van der Waals surface area contributed by atoms with Crippen molar-refractivity contribution >= 4 is 11.3 Å². The third-order valence-corrected chi connectivity index (χ3v) is 4.16. The number of rotatable bonds is 6. The molecule has 1 heterocycles. The second kappa shape index (κ2) is 6.08. The molecule has 0 spiro atoms. The fraction of sp³-hybridized carbons (Fsp3) is 0.750. The highest BCUT2D eigenvalue weighted by atomic mass is 32.1. The molecule has 0 aliphatic carbocycles. The second-order valence-electron chi connectivity index (χ2n) is 5.49. The third kappa shape index (κ3) is 3.73. The van der Waals surface area contributed by atoms with Crippen LogP contribution in [0.2, 0.25) is 0 Å². The highest BCUT2D eigenvalue weighted by Crippen LogP contribution is 2.26. The average molecular weight is 274 g/mol. The van der Waals surface area contributed by atoms with Crippen LogP contribution in [-0.4, -0.2) is 45.7 Å². The van der Waals surface area contributed by atoms with Crippen LogP contribution in [0.5, 0.6) is 0 Å². The van der Waals surface area contributed by atoms with E-state index in [0.717, 1.165) is 9.88 Å². The van der Waals surface area contributed by atoms with Gasteiger partial charge in [0.2, 0.25) is 0 Å². The van der Waals surface area contributed by atoms with Crippen molar-refractivity contribution < 1.29 is 15.3 Å². The lowest BCUT2D eigenvalue weighted by Gasteiger charge is -2.28. The Labute approximate surface area is 112 Å². The molecule has 0 amide bonds. The maximum Gasteiger partial charge on any atom is 0.0981 e. The number of hydrogen-bond donors (Lipinski definition) is 4. The Kier molecular flexibility index (Phi) is 5.24. The van der Waals surface area contributed by atoms with Gasteiger partial charge in [-0.05, 0) is 0 Å². The van der Waals surface area contributed by atoms with E-state index in [4.69, 9.17) is 0 Å². The molecule has 0 radical (unpaired) electrons. The molecule has 6 heteroatoms. The summed E-state index contributed by atoms with van der Waals surface area (Å²) in [5.41, 5.74) is -1.02. The van der Waals surface area contributed by atoms with Gasteiger partial charge in [0.05, 0.1) is 30.4 Å². The Balaban J connectivity index is 2.66. The number of thiazole rings is 1. The van der Waals surface area contributed by atoms with Crippen molar-refractivity contribution in [1.82, 2.24) is 10.3 Å². The first kappa shape index (κ1) is 15.5. The van der Waals surface area contributed by atoms with Crippen LogP contribution < -0.4 is 5.32 Å². The number of nitrogens with zero attached hydrogens (tertiary/aromatic N) is 1. The highest BCUT2D eigenvalue weighted by Gasteiger charge is 2.27. The molecular formula is C12H22N2O3S. The first-order valence-electron chi connectivity index (χ1n) is 5.90. The summed E-state index contributed by atoms with van der Waals surface area (Å²) in [6.07, 6.45) is 1.79. The van der Waals surface area contributed by atoms with Crippen LogP contribution in [0.3, 0.4) is 0 Å². The minimum Gasteiger partial charge on any atom is -0.394 e.